The van der Waals surface area contributed by atoms with E-state index in [-0.39, 0.29) is 0 Å². The number of hydrogen-bond donors (Lipinski definition) is 1. The second-order valence-electron chi connectivity index (χ2n) is 5.51. The third kappa shape index (κ3) is 4.00. The quantitative estimate of drug-likeness (QED) is 0.877. The third-order valence-electron chi connectivity index (χ3n) is 3.01. The van der Waals surface area contributed by atoms with Gasteiger partial charge < -0.3 is 5.32 Å². The van der Waals surface area contributed by atoms with Gasteiger partial charge in [0.05, 0.1) is 10.2 Å². The summed E-state index contributed by atoms with van der Waals surface area (Å²) < 4.78 is 0.953. The molecule has 2 aromatic heterocycles. The van der Waals surface area contributed by atoms with Gasteiger partial charge in [-0.2, -0.15) is 0 Å². The summed E-state index contributed by atoms with van der Waals surface area (Å²) in [6, 6.07) is 4.00. The number of rotatable bonds is 5. The first kappa shape index (κ1) is 15.9. The van der Waals surface area contributed by atoms with E-state index in [9.17, 15) is 0 Å². The molecule has 112 valence electrons. The summed E-state index contributed by atoms with van der Waals surface area (Å²) in [6.45, 7) is 9.27. The van der Waals surface area contributed by atoms with Crippen LogP contribution < -0.4 is 5.32 Å². The molecule has 0 atom stereocenters. The zero-order valence-corrected chi connectivity index (χ0v) is 14.5. The largest absolute Gasteiger partial charge is 0.369 e. The van der Waals surface area contributed by atoms with Crippen LogP contribution in [0.4, 0.5) is 5.82 Å². The molecule has 0 spiro atoms. The van der Waals surface area contributed by atoms with E-state index in [4.69, 9.17) is 4.98 Å². The maximum Gasteiger partial charge on any atom is 0.180 e. The van der Waals surface area contributed by atoms with Crippen LogP contribution >= 0.6 is 15.9 Å². The minimum Gasteiger partial charge on any atom is -0.369 e. The fraction of sp³-hybridized carbons (Fsp3) is 0.438. The van der Waals surface area contributed by atoms with E-state index in [1.807, 2.05) is 25.3 Å². The number of nitrogens with one attached hydrogen (secondary N) is 1. The smallest absolute Gasteiger partial charge is 0.180 e. The van der Waals surface area contributed by atoms with Gasteiger partial charge >= 0.3 is 0 Å². The fourth-order valence-corrected chi connectivity index (χ4v) is 2.49. The van der Waals surface area contributed by atoms with E-state index in [0.717, 1.165) is 40.2 Å². The number of nitrogens with zero attached hydrogens (tertiary/aromatic N) is 3. The van der Waals surface area contributed by atoms with Crippen molar-refractivity contribution in [3.8, 4) is 11.5 Å². The van der Waals surface area contributed by atoms with Gasteiger partial charge in [-0.15, -0.1) is 0 Å². The van der Waals surface area contributed by atoms with Gasteiger partial charge in [-0.3, -0.25) is 4.98 Å². The minimum atomic E-state index is 0.532. The lowest BCUT2D eigenvalue weighted by Crippen LogP contribution is -2.08. The molecule has 2 heterocycles. The number of anilines is 1. The summed E-state index contributed by atoms with van der Waals surface area (Å²) in [7, 11) is 0. The summed E-state index contributed by atoms with van der Waals surface area (Å²) in [4.78, 5) is 13.7. The Morgan fingerprint density at radius 2 is 2.00 bits per heavy atom. The molecule has 0 amide bonds. The molecule has 0 aliphatic carbocycles. The third-order valence-corrected chi connectivity index (χ3v) is 3.84. The van der Waals surface area contributed by atoms with Gasteiger partial charge in [0.25, 0.3) is 0 Å². The van der Waals surface area contributed by atoms with Gasteiger partial charge in [-0.1, -0.05) is 19.9 Å². The lowest BCUT2D eigenvalue weighted by molar-refractivity contribution is 0.632. The number of aromatic nitrogens is 3. The first-order valence-electron chi connectivity index (χ1n) is 7.24. The van der Waals surface area contributed by atoms with Crippen molar-refractivity contribution in [3.63, 3.8) is 0 Å². The molecule has 0 saturated carbocycles. The van der Waals surface area contributed by atoms with E-state index in [1.165, 1.54) is 0 Å². The Bertz CT molecular complexity index is 608. The van der Waals surface area contributed by atoms with Crippen LogP contribution in [-0.4, -0.2) is 21.5 Å². The monoisotopic (exact) mass is 348 g/mol. The fourth-order valence-electron chi connectivity index (χ4n) is 2.01. The molecule has 0 radical (unpaired) electrons. The molecular weight excluding hydrogens is 328 g/mol. The van der Waals surface area contributed by atoms with Crippen molar-refractivity contribution in [2.45, 2.75) is 34.1 Å². The summed E-state index contributed by atoms with van der Waals surface area (Å²) in [6.07, 6.45) is 2.75. The molecule has 0 aliphatic rings. The summed E-state index contributed by atoms with van der Waals surface area (Å²) in [5.41, 5.74) is 2.95. The molecule has 0 aliphatic heterocycles. The van der Waals surface area contributed by atoms with Gasteiger partial charge in [0.15, 0.2) is 5.82 Å². The average molecular weight is 349 g/mol. The van der Waals surface area contributed by atoms with E-state index < -0.39 is 0 Å². The van der Waals surface area contributed by atoms with Crippen molar-refractivity contribution < 1.29 is 0 Å². The maximum atomic E-state index is 4.69. The van der Waals surface area contributed by atoms with Crippen LogP contribution in [0.15, 0.2) is 22.8 Å². The SMILES string of the molecule is CCNc1nc(-c2ccc(C)cn2)nc(CC(C)C)c1Br. The van der Waals surface area contributed by atoms with Crippen LogP contribution in [0.5, 0.6) is 0 Å². The molecule has 2 rings (SSSR count). The van der Waals surface area contributed by atoms with E-state index in [2.05, 4.69) is 52.0 Å². The van der Waals surface area contributed by atoms with Crippen LogP contribution in [0.3, 0.4) is 0 Å². The van der Waals surface area contributed by atoms with Crippen molar-refractivity contribution in [3.05, 3.63) is 34.1 Å². The molecule has 0 saturated heterocycles. The first-order valence-corrected chi connectivity index (χ1v) is 8.03. The Morgan fingerprint density at radius 3 is 2.57 bits per heavy atom. The second kappa shape index (κ2) is 6.98. The van der Waals surface area contributed by atoms with Gasteiger partial charge in [0.2, 0.25) is 0 Å². The van der Waals surface area contributed by atoms with Crippen molar-refractivity contribution >= 4 is 21.7 Å². The van der Waals surface area contributed by atoms with Gasteiger partial charge in [-0.25, -0.2) is 9.97 Å². The van der Waals surface area contributed by atoms with Gasteiger partial charge in [0.1, 0.15) is 11.5 Å². The summed E-state index contributed by atoms with van der Waals surface area (Å²) >= 11 is 3.62. The van der Waals surface area contributed by atoms with Crippen LogP contribution in [0.1, 0.15) is 32.0 Å². The number of pyridine rings is 1. The first-order chi connectivity index (χ1) is 10.0. The van der Waals surface area contributed by atoms with E-state index >= 15 is 0 Å². The molecule has 21 heavy (non-hydrogen) atoms. The Balaban J connectivity index is 2.49. The van der Waals surface area contributed by atoms with Crippen LogP contribution in [0.25, 0.3) is 11.5 Å². The molecule has 0 aromatic carbocycles. The number of aryl methyl sites for hydroxylation is 1. The maximum absolute atomic E-state index is 4.69. The summed E-state index contributed by atoms with van der Waals surface area (Å²) in [5.74, 6) is 2.04. The molecule has 2 aromatic rings. The zero-order chi connectivity index (χ0) is 15.4. The van der Waals surface area contributed by atoms with Crippen LogP contribution in [-0.2, 0) is 6.42 Å². The molecule has 5 heteroatoms. The molecule has 4 nitrogen and oxygen atoms in total. The molecular formula is C16H21BrN4. The predicted octanol–water partition coefficient (Wildman–Crippen LogP) is 4.24. The highest BCUT2D eigenvalue weighted by Gasteiger charge is 2.14. The summed E-state index contributed by atoms with van der Waals surface area (Å²) in [5, 5.41) is 3.29. The Morgan fingerprint density at radius 1 is 1.24 bits per heavy atom. The molecule has 0 fully saturated rings. The molecule has 0 unspecified atom stereocenters. The van der Waals surface area contributed by atoms with Gasteiger partial charge in [-0.05, 0) is 53.7 Å². The lowest BCUT2D eigenvalue weighted by Gasteiger charge is -2.13. The van der Waals surface area contributed by atoms with E-state index in [0.29, 0.717) is 11.7 Å². The second-order valence-corrected chi connectivity index (χ2v) is 6.30. The standard InChI is InChI=1S/C16H21BrN4/c1-5-18-16-14(17)13(8-10(2)3)20-15(21-16)12-7-6-11(4)9-19-12/h6-7,9-10H,5,8H2,1-4H3,(H,18,20,21). The molecule has 1 N–H and O–H groups in total. The van der Waals surface area contributed by atoms with E-state index in [1.54, 1.807) is 0 Å². The topological polar surface area (TPSA) is 50.7 Å². The minimum absolute atomic E-state index is 0.532. The average Bonchev–Trinajstić information content (AvgIpc) is 2.43. The normalized spacial score (nSPS) is 11.0. The highest BCUT2D eigenvalue weighted by atomic mass is 79.9. The number of hydrogen-bond acceptors (Lipinski definition) is 4. The predicted molar refractivity (Wildman–Crippen MR) is 90.4 cm³/mol. The highest BCUT2D eigenvalue weighted by molar-refractivity contribution is 9.10. The van der Waals surface area contributed by atoms with Gasteiger partial charge in [0, 0.05) is 12.7 Å². The Labute approximate surface area is 134 Å². The Hall–Kier alpha value is -1.49. The van der Waals surface area contributed by atoms with Crippen LogP contribution in [0, 0.1) is 12.8 Å². The number of halogens is 1. The van der Waals surface area contributed by atoms with Crippen LogP contribution in [0.2, 0.25) is 0 Å². The zero-order valence-electron chi connectivity index (χ0n) is 12.9. The lowest BCUT2D eigenvalue weighted by atomic mass is 10.1. The highest BCUT2D eigenvalue weighted by Crippen LogP contribution is 2.28. The van der Waals surface area contributed by atoms with Crippen molar-refractivity contribution in [2.75, 3.05) is 11.9 Å². The van der Waals surface area contributed by atoms with Crippen molar-refractivity contribution in [1.29, 1.82) is 0 Å². The molecule has 0 bridgehead atoms. The van der Waals surface area contributed by atoms with Crippen molar-refractivity contribution in [1.82, 2.24) is 15.0 Å². The Kier molecular flexibility index (Phi) is 5.28. The van der Waals surface area contributed by atoms with Crippen molar-refractivity contribution in [2.24, 2.45) is 5.92 Å².